The average molecular weight is 389 g/mol. The van der Waals surface area contributed by atoms with Crippen molar-refractivity contribution in [1.82, 2.24) is 4.90 Å². The van der Waals surface area contributed by atoms with E-state index >= 15 is 0 Å². The van der Waals surface area contributed by atoms with Crippen molar-refractivity contribution in [2.24, 2.45) is 5.10 Å². The van der Waals surface area contributed by atoms with Gasteiger partial charge in [0.1, 0.15) is 12.1 Å². The van der Waals surface area contributed by atoms with Crippen LogP contribution in [0.4, 0.5) is 5.69 Å². The van der Waals surface area contributed by atoms with Gasteiger partial charge in [-0.15, -0.1) is 0 Å². The Hall–Kier alpha value is -3.55. The van der Waals surface area contributed by atoms with Gasteiger partial charge in [-0.3, -0.25) is 10.3 Å². The summed E-state index contributed by atoms with van der Waals surface area (Å²) in [4.78, 5) is 2.44. The molecule has 2 aromatic carbocycles. The fourth-order valence-corrected chi connectivity index (χ4v) is 3.36. The largest absolute Gasteiger partial charge is 0.493 e. The molecule has 0 bridgehead atoms. The van der Waals surface area contributed by atoms with Gasteiger partial charge in [0.15, 0.2) is 11.5 Å². The molecule has 3 rings (SSSR count). The molecule has 0 fully saturated rings. The highest BCUT2D eigenvalue weighted by Gasteiger charge is 2.19. The summed E-state index contributed by atoms with van der Waals surface area (Å²) in [7, 11) is 3.33. The van der Waals surface area contributed by atoms with Gasteiger partial charge < -0.3 is 9.47 Å². The minimum atomic E-state index is -0.200. The minimum absolute atomic E-state index is 0.200. The highest BCUT2D eigenvalue weighted by atomic mass is 16.5. The number of hydrogen-bond acceptors (Lipinski definition) is 7. The topological polar surface area (TPSA) is 93.7 Å². The van der Waals surface area contributed by atoms with Crippen LogP contribution in [0.25, 0.3) is 0 Å². The number of ether oxygens (including phenoxy) is 2. The van der Waals surface area contributed by atoms with Crippen LogP contribution in [0.5, 0.6) is 11.5 Å². The molecule has 1 aliphatic rings. The molecule has 0 unspecified atom stereocenters. The first-order chi connectivity index (χ1) is 14.2. The summed E-state index contributed by atoms with van der Waals surface area (Å²) in [5.41, 5.74) is 7.09. The van der Waals surface area contributed by atoms with Crippen molar-refractivity contribution >= 4 is 11.4 Å². The maximum absolute atomic E-state index is 8.70. The van der Waals surface area contributed by atoms with Gasteiger partial charge in [-0.2, -0.15) is 15.6 Å². The molecule has 7 heteroatoms. The zero-order valence-corrected chi connectivity index (χ0v) is 16.6. The molecular weight excluding hydrogens is 366 g/mol. The number of nitrogens with one attached hydrogen (secondary N) is 1. The molecule has 0 aliphatic carbocycles. The lowest BCUT2D eigenvalue weighted by molar-refractivity contribution is 0.255. The molecule has 1 aliphatic heterocycles. The van der Waals surface area contributed by atoms with Crippen LogP contribution in [0, 0.1) is 22.7 Å². The maximum Gasteiger partial charge on any atom is 0.237 e. The second kappa shape index (κ2) is 9.59. The number of anilines is 1. The molecule has 1 heterocycles. The summed E-state index contributed by atoms with van der Waals surface area (Å²) in [5, 5.41) is 21.1. The van der Waals surface area contributed by atoms with Crippen LogP contribution in [0.1, 0.15) is 16.7 Å². The van der Waals surface area contributed by atoms with Crippen LogP contribution < -0.4 is 14.9 Å². The highest BCUT2D eigenvalue weighted by molar-refractivity contribution is 6.10. The first-order valence-corrected chi connectivity index (χ1v) is 9.35. The third-order valence-corrected chi connectivity index (χ3v) is 4.98. The molecule has 1 N–H and O–H groups in total. The van der Waals surface area contributed by atoms with Crippen LogP contribution in [-0.4, -0.2) is 37.9 Å². The molecule has 148 valence electrons. The van der Waals surface area contributed by atoms with E-state index in [9.17, 15) is 0 Å². The Morgan fingerprint density at radius 2 is 1.72 bits per heavy atom. The van der Waals surface area contributed by atoms with Gasteiger partial charge in [-0.05, 0) is 53.8 Å². The molecule has 0 spiro atoms. The van der Waals surface area contributed by atoms with Crippen molar-refractivity contribution in [1.29, 1.82) is 10.5 Å². The third kappa shape index (κ3) is 5.04. The van der Waals surface area contributed by atoms with Crippen molar-refractivity contribution in [3.05, 3.63) is 53.1 Å². The second-order valence-electron chi connectivity index (χ2n) is 6.74. The van der Waals surface area contributed by atoms with Crippen molar-refractivity contribution in [3.8, 4) is 23.6 Å². The van der Waals surface area contributed by atoms with Crippen LogP contribution in [-0.2, 0) is 19.4 Å². The highest BCUT2D eigenvalue weighted by Crippen LogP contribution is 2.33. The Morgan fingerprint density at radius 1 is 1.07 bits per heavy atom. The van der Waals surface area contributed by atoms with E-state index in [1.165, 1.54) is 16.7 Å². The predicted octanol–water partition coefficient (Wildman–Crippen LogP) is 3.12. The molecule has 0 radical (unpaired) electrons. The van der Waals surface area contributed by atoms with Gasteiger partial charge in [0.25, 0.3) is 0 Å². The zero-order valence-electron chi connectivity index (χ0n) is 16.6. The second-order valence-corrected chi connectivity index (χ2v) is 6.74. The van der Waals surface area contributed by atoms with E-state index in [1.54, 1.807) is 26.4 Å². The number of hydrazone groups is 1. The smallest absolute Gasteiger partial charge is 0.237 e. The number of benzene rings is 2. The van der Waals surface area contributed by atoms with E-state index in [4.69, 9.17) is 20.0 Å². The summed E-state index contributed by atoms with van der Waals surface area (Å²) in [6, 6.07) is 15.5. The lowest BCUT2D eigenvalue weighted by Crippen LogP contribution is -2.32. The molecule has 0 amide bonds. The minimum Gasteiger partial charge on any atom is -0.493 e. The first-order valence-electron chi connectivity index (χ1n) is 9.35. The molecule has 0 saturated heterocycles. The van der Waals surface area contributed by atoms with Crippen molar-refractivity contribution in [2.75, 3.05) is 32.7 Å². The van der Waals surface area contributed by atoms with Gasteiger partial charge in [0.2, 0.25) is 5.71 Å². The number of methoxy groups -OCH3 is 2. The van der Waals surface area contributed by atoms with E-state index in [0.29, 0.717) is 0 Å². The average Bonchev–Trinajstić information content (AvgIpc) is 2.78. The molecule has 7 nitrogen and oxygen atoms in total. The molecule has 0 atom stereocenters. The van der Waals surface area contributed by atoms with E-state index in [0.717, 1.165) is 49.7 Å². The maximum atomic E-state index is 8.70. The lowest BCUT2D eigenvalue weighted by atomic mass is 9.98. The Kier molecular flexibility index (Phi) is 6.67. The lowest BCUT2D eigenvalue weighted by Gasteiger charge is -2.29. The third-order valence-electron chi connectivity index (χ3n) is 4.98. The fraction of sp³-hybridized carbons (Fsp3) is 0.318. The number of rotatable bonds is 7. The van der Waals surface area contributed by atoms with Crippen molar-refractivity contribution < 1.29 is 9.47 Å². The van der Waals surface area contributed by atoms with Gasteiger partial charge >= 0.3 is 0 Å². The van der Waals surface area contributed by atoms with Gasteiger partial charge in [0.05, 0.1) is 19.9 Å². The quantitative estimate of drug-likeness (QED) is 0.578. The Labute approximate surface area is 170 Å². The number of nitrogens with zero attached hydrogens (tertiary/aromatic N) is 4. The van der Waals surface area contributed by atoms with Crippen molar-refractivity contribution in [3.63, 3.8) is 0 Å². The molecule has 0 aromatic heterocycles. The van der Waals surface area contributed by atoms with Crippen LogP contribution in [0.2, 0.25) is 0 Å². The van der Waals surface area contributed by atoms with E-state index in [1.807, 2.05) is 24.3 Å². The summed E-state index contributed by atoms with van der Waals surface area (Å²) < 4.78 is 10.8. The predicted molar refractivity (Wildman–Crippen MR) is 111 cm³/mol. The molecule has 29 heavy (non-hydrogen) atoms. The first kappa shape index (κ1) is 20.2. The van der Waals surface area contributed by atoms with E-state index in [-0.39, 0.29) is 5.71 Å². The molecular formula is C22H23N5O2. The van der Waals surface area contributed by atoms with E-state index < -0.39 is 0 Å². The summed E-state index contributed by atoms with van der Waals surface area (Å²) in [6.45, 7) is 2.88. The fourth-order valence-electron chi connectivity index (χ4n) is 3.36. The number of nitriles is 2. The van der Waals surface area contributed by atoms with Gasteiger partial charge in [-0.1, -0.05) is 12.1 Å². The monoisotopic (exact) mass is 389 g/mol. The van der Waals surface area contributed by atoms with Crippen molar-refractivity contribution in [2.45, 2.75) is 19.4 Å². The molecule has 2 aromatic rings. The standard InChI is InChI=1S/C22H23N5O2/c1-28-21-11-17-8-10-27(15-18(17)12-22(21)29-2)9-7-16-3-5-19(6-4-16)25-26-20(13-23)14-24/h3-6,11-12,25H,7-10,15H2,1-2H3. The van der Waals surface area contributed by atoms with Gasteiger partial charge in [-0.25, -0.2) is 0 Å². The summed E-state index contributed by atoms with van der Waals surface area (Å²) in [5.74, 6) is 1.56. The Bertz CT molecular complexity index is 954. The Morgan fingerprint density at radius 3 is 2.34 bits per heavy atom. The van der Waals surface area contributed by atoms with E-state index in [2.05, 4.69) is 27.6 Å². The summed E-state index contributed by atoms with van der Waals surface area (Å²) >= 11 is 0. The molecule has 0 saturated carbocycles. The SMILES string of the molecule is COc1cc2c(cc1OC)CN(CCc1ccc(NN=C(C#N)C#N)cc1)CC2. The number of fused-ring (bicyclic) bond motifs is 1. The Balaban J connectivity index is 1.57. The van der Waals surface area contributed by atoms with Crippen LogP contribution >= 0.6 is 0 Å². The zero-order chi connectivity index (χ0) is 20.6. The van der Waals surface area contributed by atoms with Crippen LogP contribution in [0.15, 0.2) is 41.5 Å². The van der Waals surface area contributed by atoms with Gasteiger partial charge in [0, 0.05) is 19.6 Å². The summed E-state index contributed by atoms with van der Waals surface area (Å²) in [6.07, 6.45) is 1.94. The number of hydrogen-bond donors (Lipinski definition) is 1. The normalized spacial score (nSPS) is 12.8. The van der Waals surface area contributed by atoms with Crippen LogP contribution in [0.3, 0.4) is 0 Å².